The van der Waals surface area contributed by atoms with Gasteiger partial charge >= 0.3 is 6.09 Å². The molecule has 4 heteroatoms. The van der Waals surface area contributed by atoms with E-state index in [1.807, 2.05) is 25.7 Å². The summed E-state index contributed by atoms with van der Waals surface area (Å²) in [5.74, 6) is 0. The minimum atomic E-state index is -0.387. The molecule has 17 heavy (non-hydrogen) atoms. The van der Waals surface area contributed by atoms with E-state index in [-0.39, 0.29) is 11.7 Å². The molecule has 0 unspecified atom stereocenters. The van der Waals surface area contributed by atoms with E-state index in [9.17, 15) is 4.79 Å². The molecule has 2 aliphatic rings. The summed E-state index contributed by atoms with van der Waals surface area (Å²) in [5, 5.41) is 0. The lowest BCUT2D eigenvalue weighted by atomic mass is 9.79. The molecule has 2 fully saturated rings. The maximum atomic E-state index is 11.9. The quantitative estimate of drug-likeness (QED) is 0.702. The smallest absolute Gasteiger partial charge is 0.410 e. The molecular formula is C13H24N2O2. The number of carbonyl (C=O) groups excluding carboxylic acids is 1. The van der Waals surface area contributed by atoms with Crippen molar-refractivity contribution in [3.8, 4) is 0 Å². The maximum Gasteiger partial charge on any atom is 0.410 e. The number of carbonyl (C=O) groups is 1. The van der Waals surface area contributed by atoms with Gasteiger partial charge in [0.2, 0.25) is 0 Å². The van der Waals surface area contributed by atoms with Crippen LogP contribution >= 0.6 is 0 Å². The summed E-state index contributed by atoms with van der Waals surface area (Å²) in [6.45, 7) is 13.1. The van der Waals surface area contributed by atoms with Gasteiger partial charge in [0.15, 0.2) is 0 Å². The molecule has 1 amide bonds. The molecule has 0 aromatic carbocycles. The Balaban J connectivity index is 1.84. The summed E-state index contributed by atoms with van der Waals surface area (Å²) in [6.07, 6.45) is 0.979. The molecule has 2 saturated heterocycles. The van der Waals surface area contributed by atoms with Crippen molar-refractivity contribution in [2.45, 2.75) is 39.7 Å². The fourth-order valence-corrected chi connectivity index (χ4v) is 2.80. The van der Waals surface area contributed by atoms with Crippen molar-refractivity contribution >= 4 is 6.09 Å². The van der Waals surface area contributed by atoms with Crippen molar-refractivity contribution in [1.29, 1.82) is 0 Å². The zero-order valence-corrected chi connectivity index (χ0v) is 11.5. The van der Waals surface area contributed by atoms with Crippen molar-refractivity contribution in [2.24, 2.45) is 5.41 Å². The summed E-state index contributed by atoms with van der Waals surface area (Å²) < 4.78 is 5.41. The van der Waals surface area contributed by atoms with Gasteiger partial charge in [-0.05, 0) is 33.7 Å². The Morgan fingerprint density at radius 3 is 2.47 bits per heavy atom. The Hall–Kier alpha value is -0.770. The number of amides is 1. The average molecular weight is 240 g/mol. The largest absolute Gasteiger partial charge is 0.444 e. The van der Waals surface area contributed by atoms with Crippen LogP contribution in [-0.2, 0) is 4.74 Å². The first-order valence-electron chi connectivity index (χ1n) is 6.54. The van der Waals surface area contributed by atoms with Crippen molar-refractivity contribution in [2.75, 3.05) is 32.7 Å². The molecule has 0 atom stereocenters. The van der Waals surface area contributed by atoms with E-state index in [0.29, 0.717) is 5.41 Å². The van der Waals surface area contributed by atoms with Gasteiger partial charge in [0.05, 0.1) is 0 Å². The molecule has 0 radical (unpaired) electrons. The number of hydrogen-bond acceptors (Lipinski definition) is 3. The van der Waals surface area contributed by atoms with Gasteiger partial charge < -0.3 is 14.5 Å². The molecule has 0 aromatic rings. The second-order valence-electron chi connectivity index (χ2n) is 6.46. The first kappa shape index (κ1) is 12.7. The third kappa shape index (κ3) is 2.73. The van der Waals surface area contributed by atoms with E-state index in [0.717, 1.165) is 39.1 Å². The van der Waals surface area contributed by atoms with Gasteiger partial charge in [-0.25, -0.2) is 4.79 Å². The van der Waals surface area contributed by atoms with E-state index >= 15 is 0 Å². The predicted molar refractivity (Wildman–Crippen MR) is 67.0 cm³/mol. The summed E-state index contributed by atoms with van der Waals surface area (Å²) >= 11 is 0. The van der Waals surface area contributed by atoms with Crippen molar-refractivity contribution in [1.82, 2.24) is 9.80 Å². The number of likely N-dealkylation sites (tertiary alicyclic amines) is 2. The third-order valence-corrected chi connectivity index (χ3v) is 3.66. The Morgan fingerprint density at radius 1 is 1.29 bits per heavy atom. The molecule has 0 bridgehead atoms. The van der Waals surface area contributed by atoms with Crippen LogP contribution < -0.4 is 0 Å². The normalized spacial score (nSPS) is 23.9. The van der Waals surface area contributed by atoms with Crippen LogP contribution in [-0.4, -0.2) is 54.2 Å². The Morgan fingerprint density at radius 2 is 1.94 bits per heavy atom. The number of hydrogen-bond donors (Lipinski definition) is 0. The zero-order valence-electron chi connectivity index (χ0n) is 11.5. The summed E-state index contributed by atoms with van der Waals surface area (Å²) in [6, 6.07) is 0. The van der Waals surface area contributed by atoms with Crippen LogP contribution in [0.1, 0.15) is 34.1 Å². The standard InChI is InChI=1S/C13H24N2O2/c1-5-14-8-13(9-14)6-7-15(10-13)11(16)17-12(2,3)4/h5-10H2,1-4H3. The van der Waals surface area contributed by atoms with E-state index in [1.54, 1.807) is 0 Å². The average Bonchev–Trinajstić information content (AvgIpc) is 2.56. The Labute approximate surface area is 104 Å². The highest BCUT2D eigenvalue weighted by Crippen LogP contribution is 2.39. The molecule has 0 aliphatic carbocycles. The van der Waals surface area contributed by atoms with E-state index in [2.05, 4.69) is 11.8 Å². The minimum Gasteiger partial charge on any atom is -0.444 e. The second-order valence-corrected chi connectivity index (χ2v) is 6.46. The SMILES string of the molecule is CCN1CC2(CCN(C(=O)OC(C)(C)C)C2)C1. The minimum absolute atomic E-state index is 0.149. The lowest BCUT2D eigenvalue weighted by Gasteiger charge is -2.47. The second kappa shape index (κ2) is 4.16. The van der Waals surface area contributed by atoms with Crippen LogP contribution in [0.25, 0.3) is 0 Å². The summed E-state index contributed by atoms with van der Waals surface area (Å²) in [5.41, 5.74) is -0.0190. The molecule has 2 heterocycles. The van der Waals surface area contributed by atoms with E-state index < -0.39 is 0 Å². The lowest BCUT2D eigenvalue weighted by molar-refractivity contribution is 0.00117. The first-order valence-corrected chi connectivity index (χ1v) is 6.54. The summed E-state index contributed by atoms with van der Waals surface area (Å²) in [4.78, 5) is 16.2. The van der Waals surface area contributed by atoms with Crippen molar-refractivity contribution in [3.05, 3.63) is 0 Å². The van der Waals surface area contributed by atoms with Gasteiger partial charge in [0, 0.05) is 31.6 Å². The van der Waals surface area contributed by atoms with Gasteiger partial charge in [-0.3, -0.25) is 0 Å². The molecular weight excluding hydrogens is 216 g/mol. The van der Waals surface area contributed by atoms with Crippen LogP contribution in [0.2, 0.25) is 0 Å². The van der Waals surface area contributed by atoms with E-state index in [1.165, 1.54) is 0 Å². The van der Waals surface area contributed by atoms with E-state index in [4.69, 9.17) is 4.74 Å². The highest BCUT2D eigenvalue weighted by atomic mass is 16.6. The molecule has 98 valence electrons. The molecule has 1 spiro atoms. The maximum absolute atomic E-state index is 11.9. The monoisotopic (exact) mass is 240 g/mol. The molecule has 2 aliphatic heterocycles. The first-order chi connectivity index (χ1) is 7.84. The predicted octanol–water partition coefficient (Wildman–Crippen LogP) is 1.95. The Bertz CT molecular complexity index is 303. The number of ether oxygens (including phenoxy) is 1. The van der Waals surface area contributed by atoms with Crippen LogP contribution in [0.5, 0.6) is 0 Å². The molecule has 4 nitrogen and oxygen atoms in total. The molecule has 0 saturated carbocycles. The van der Waals surface area contributed by atoms with Gasteiger partial charge in [0.1, 0.15) is 5.60 Å². The molecule has 2 rings (SSSR count). The number of rotatable bonds is 1. The zero-order chi connectivity index (χ0) is 12.7. The third-order valence-electron chi connectivity index (χ3n) is 3.66. The number of nitrogens with zero attached hydrogens (tertiary/aromatic N) is 2. The fraction of sp³-hybridized carbons (Fsp3) is 0.923. The van der Waals surface area contributed by atoms with Gasteiger partial charge in [-0.1, -0.05) is 6.92 Å². The van der Waals surface area contributed by atoms with Crippen LogP contribution in [0, 0.1) is 5.41 Å². The van der Waals surface area contributed by atoms with Crippen molar-refractivity contribution in [3.63, 3.8) is 0 Å². The topological polar surface area (TPSA) is 32.8 Å². The summed E-state index contributed by atoms with van der Waals surface area (Å²) in [7, 11) is 0. The van der Waals surface area contributed by atoms with Crippen LogP contribution in [0.3, 0.4) is 0 Å². The highest BCUT2D eigenvalue weighted by Gasteiger charge is 2.48. The molecule has 0 aromatic heterocycles. The Kier molecular flexibility index (Phi) is 3.10. The lowest BCUT2D eigenvalue weighted by Crippen LogP contribution is -2.57. The fourth-order valence-electron chi connectivity index (χ4n) is 2.80. The van der Waals surface area contributed by atoms with Crippen molar-refractivity contribution < 1.29 is 9.53 Å². The van der Waals surface area contributed by atoms with Gasteiger partial charge in [-0.15, -0.1) is 0 Å². The molecule has 0 N–H and O–H groups in total. The van der Waals surface area contributed by atoms with Crippen LogP contribution in [0.15, 0.2) is 0 Å². The van der Waals surface area contributed by atoms with Gasteiger partial charge in [-0.2, -0.15) is 0 Å². The van der Waals surface area contributed by atoms with Crippen LogP contribution in [0.4, 0.5) is 4.79 Å². The highest BCUT2D eigenvalue weighted by molar-refractivity contribution is 5.68. The van der Waals surface area contributed by atoms with Gasteiger partial charge in [0.25, 0.3) is 0 Å².